The van der Waals surface area contributed by atoms with Crippen LogP contribution in [0, 0.1) is 5.92 Å². The van der Waals surface area contributed by atoms with E-state index < -0.39 is 22.1 Å². The molecule has 1 amide bonds. The van der Waals surface area contributed by atoms with Gasteiger partial charge in [-0.25, -0.2) is 13.1 Å². The highest BCUT2D eigenvalue weighted by Crippen LogP contribution is 2.26. The van der Waals surface area contributed by atoms with Gasteiger partial charge in [0.25, 0.3) is 0 Å². The maximum Gasteiger partial charge on any atom is 0.573 e. The molecule has 0 bridgehead atoms. The number of nitrogens with zero attached hydrogens (tertiary/aromatic N) is 1. The summed E-state index contributed by atoms with van der Waals surface area (Å²) in [5, 5.41) is 2.97. The third kappa shape index (κ3) is 8.78. The highest BCUT2D eigenvalue weighted by atomic mass is 32.2. The third-order valence-corrected chi connectivity index (χ3v) is 7.68. The molecule has 0 radical (unpaired) electrons. The Morgan fingerprint density at radius 1 is 1.03 bits per heavy atom. The summed E-state index contributed by atoms with van der Waals surface area (Å²) in [6.45, 7) is 2.96. The van der Waals surface area contributed by atoms with Crippen molar-refractivity contribution in [2.24, 2.45) is 5.92 Å². The molecule has 0 aromatic heterocycles. The summed E-state index contributed by atoms with van der Waals surface area (Å²) in [6.07, 6.45) is 3.55. The topological polar surface area (TPSA) is 87.7 Å². The van der Waals surface area contributed by atoms with E-state index >= 15 is 0 Å². The van der Waals surface area contributed by atoms with Crippen molar-refractivity contribution >= 4 is 15.9 Å². The van der Waals surface area contributed by atoms with Gasteiger partial charge in [-0.1, -0.05) is 19.3 Å². The molecular weight excluding hydrogens is 459 g/mol. The van der Waals surface area contributed by atoms with E-state index in [-0.39, 0.29) is 29.8 Å². The van der Waals surface area contributed by atoms with Crippen molar-refractivity contribution in [2.75, 3.05) is 26.2 Å². The number of hydrogen-bond donors (Lipinski definition) is 2. The Balaban J connectivity index is 1.35. The van der Waals surface area contributed by atoms with Gasteiger partial charge in [-0.3, -0.25) is 4.79 Å². The Morgan fingerprint density at radius 3 is 2.27 bits per heavy atom. The first-order chi connectivity index (χ1) is 15.6. The minimum absolute atomic E-state index is 0.0171. The quantitative estimate of drug-likeness (QED) is 0.553. The van der Waals surface area contributed by atoms with Crippen LogP contribution in [0.5, 0.6) is 5.75 Å². The molecular formula is C22H32F3N3O4S. The van der Waals surface area contributed by atoms with Crippen LogP contribution in [-0.4, -0.2) is 57.8 Å². The first-order valence-corrected chi connectivity index (χ1v) is 13.0. The van der Waals surface area contributed by atoms with Crippen LogP contribution < -0.4 is 14.8 Å². The van der Waals surface area contributed by atoms with E-state index in [1.165, 1.54) is 32.1 Å². The lowest BCUT2D eigenvalue weighted by Gasteiger charge is -2.35. The monoisotopic (exact) mass is 491 g/mol. The Kier molecular flexibility index (Phi) is 9.00. The van der Waals surface area contributed by atoms with Crippen molar-refractivity contribution in [3.8, 4) is 5.75 Å². The second-order valence-electron chi connectivity index (χ2n) is 8.81. The molecule has 11 heteroatoms. The number of sulfonamides is 1. The van der Waals surface area contributed by atoms with E-state index in [9.17, 15) is 26.4 Å². The number of carbonyl (C=O) groups is 1. The lowest BCUT2D eigenvalue weighted by Crippen LogP contribution is -2.46. The minimum atomic E-state index is -4.85. The van der Waals surface area contributed by atoms with Crippen molar-refractivity contribution in [1.29, 1.82) is 0 Å². The SMILES string of the molecule is O=C(CCNS(=O)(=O)c1ccc(OC(F)(F)F)cc1)NC1CCN(CC2CCCCC2)CC1. The van der Waals surface area contributed by atoms with Gasteiger partial charge in [-0.05, 0) is 55.9 Å². The molecule has 1 aromatic rings. The number of halogens is 3. The van der Waals surface area contributed by atoms with E-state index in [0.29, 0.717) is 0 Å². The summed E-state index contributed by atoms with van der Waals surface area (Å²) >= 11 is 0. The number of alkyl halides is 3. The summed E-state index contributed by atoms with van der Waals surface area (Å²) in [4.78, 5) is 14.5. The van der Waals surface area contributed by atoms with Gasteiger partial charge in [-0.15, -0.1) is 13.2 Å². The number of carbonyl (C=O) groups excluding carboxylic acids is 1. The van der Waals surface area contributed by atoms with Crippen molar-refractivity contribution in [2.45, 2.75) is 68.7 Å². The van der Waals surface area contributed by atoms with Crippen molar-refractivity contribution in [3.05, 3.63) is 24.3 Å². The zero-order valence-corrected chi connectivity index (χ0v) is 19.4. The second kappa shape index (κ2) is 11.5. The molecule has 7 nitrogen and oxygen atoms in total. The first kappa shape index (κ1) is 25.8. The Morgan fingerprint density at radius 2 is 1.67 bits per heavy atom. The molecule has 3 rings (SSSR count). The molecule has 0 spiro atoms. The summed E-state index contributed by atoms with van der Waals surface area (Å²) in [5.74, 6) is 0.0641. The predicted molar refractivity (Wildman–Crippen MR) is 117 cm³/mol. The van der Waals surface area contributed by atoms with E-state index in [0.717, 1.165) is 62.7 Å². The highest BCUT2D eigenvalue weighted by Gasteiger charge is 2.31. The van der Waals surface area contributed by atoms with Crippen LogP contribution in [0.25, 0.3) is 0 Å². The molecule has 0 unspecified atom stereocenters. The molecule has 186 valence electrons. The highest BCUT2D eigenvalue weighted by molar-refractivity contribution is 7.89. The van der Waals surface area contributed by atoms with Crippen LogP contribution in [0.1, 0.15) is 51.4 Å². The van der Waals surface area contributed by atoms with Crippen molar-refractivity contribution < 1.29 is 31.1 Å². The number of likely N-dealkylation sites (tertiary alicyclic amines) is 1. The summed E-state index contributed by atoms with van der Waals surface area (Å²) < 4.78 is 67.2. The zero-order chi connectivity index (χ0) is 23.9. The van der Waals surface area contributed by atoms with E-state index in [2.05, 4.69) is 19.7 Å². The van der Waals surface area contributed by atoms with Gasteiger partial charge < -0.3 is 15.0 Å². The van der Waals surface area contributed by atoms with Gasteiger partial charge in [0.1, 0.15) is 5.75 Å². The van der Waals surface area contributed by atoms with Gasteiger partial charge in [0.15, 0.2) is 0 Å². The zero-order valence-electron chi connectivity index (χ0n) is 18.6. The van der Waals surface area contributed by atoms with Crippen LogP contribution >= 0.6 is 0 Å². The number of amides is 1. The Hall–Kier alpha value is -1.85. The number of rotatable bonds is 9. The van der Waals surface area contributed by atoms with Gasteiger partial charge in [0.2, 0.25) is 15.9 Å². The molecule has 33 heavy (non-hydrogen) atoms. The van der Waals surface area contributed by atoms with E-state index in [4.69, 9.17) is 0 Å². The standard InChI is InChI=1S/C22H32F3N3O4S/c23-22(24,25)32-19-6-8-20(9-7-19)33(30,31)26-13-10-21(29)27-18-11-14-28(15-12-18)16-17-4-2-1-3-5-17/h6-9,17-18,26H,1-5,10-16H2,(H,27,29). The molecule has 1 aliphatic heterocycles. The number of piperidine rings is 1. The van der Waals surface area contributed by atoms with Crippen molar-refractivity contribution in [3.63, 3.8) is 0 Å². The largest absolute Gasteiger partial charge is 0.573 e. The maximum absolute atomic E-state index is 12.3. The second-order valence-corrected chi connectivity index (χ2v) is 10.6. The average molecular weight is 492 g/mol. The number of ether oxygens (including phenoxy) is 1. The van der Waals surface area contributed by atoms with Crippen LogP contribution in [-0.2, 0) is 14.8 Å². The number of benzene rings is 1. The van der Waals surface area contributed by atoms with Crippen molar-refractivity contribution in [1.82, 2.24) is 14.9 Å². The van der Waals surface area contributed by atoms with E-state index in [1.54, 1.807) is 0 Å². The van der Waals surface area contributed by atoms with Gasteiger partial charge in [-0.2, -0.15) is 0 Å². The molecule has 1 aliphatic carbocycles. The molecule has 1 saturated carbocycles. The first-order valence-electron chi connectivity index (χ1n) is 11.5. The summed E-state index contributed by atoms with van der Waals surface area (Å²) in [7, 11) is -3.94. The van der Waals surface area contributed by atoms with Crippen LogP contribution in [0.3, 0.4) is 0 Å². The van der Waals surface area contributed by atoms with Gasteiger partial charge in [0.05, 0.1) is 4.90 Å². The molecule has 1 heterocycles. The lowest BCUT2D eigenvalue weighted by molar-refractivity contribution is -0.274. The van der Waals surface area contributed by atoms with Crippen LogP contribution in [0.4, 0.5) is 13.2 Å². The average Bonchev–Trinajstić information content (AvgIpc) is 2.75. The fourth-order valence-electron chi connectivity index (χ4n) is 4.50. The smallest absolute Gasteiger partial charge is 0.406 e. The molecule has 1 saturated heterocycles. The van der Waals surface area contributed by atoms with Gasteiger partial charge in [0, 0.05) is 38.6 Å². The number of nitrogens with one attached hydrogen (secondary N) is 2. The number of hydrogen-bond acceptors (Lipinski definition) is 5. The third-order valence-electron chi connectivity index (χ3n) is 6.21. The molecule has 2 N–H and O–H groups in total. The fourth-order valence-corrected chi connectivity index (χ4v) is 5.53. The molecule has 2 aliphatic rings. The molecule has 2 fully saturated rings. The van der Waals surface area contributed by atoms with E-state index in [1.807, 2.05) is 0 Å². The van der Waals surface area contributed by atoms with Crippen LogP contribution in [0.2, 0.25) is 0 Å². The maximum atomic E-state index is 12.3. The lowest BCUT2D eigenvalue weighted by atomic mass is 9.88. The normalized spacial score (nSPS) is 19.4. The Labute approximate surface area is 193 Å². The fraction of sp³-hybridized carbons (Fsp3) is 0.682. The molecule has 0 atom stereocenters. The molecule has 1 aromatic carbocycles. The predicted octanol–water partition coefficient (Wildman–Crippen LogP) is 3.41. The Bertz CT molecular complexity index is 864. The summed E-state index contributed by atoms with van der Waals surface area (Å²) in [5.41, 5.74) is 0. The minimum Gasteiger partial charge on any atom is -0.406 e. The van der Waals surface area contributed by atoms with Crippen LogP contribution in [0.15, 0.2) is 29.2 Å². The van der Waals surface area contributed by atoms with Gasteiger partial charge >= 0.3 is 6.36 Å². The summed E-state index contributed by atoms with van der Waals surface area (Å²) in [6, 6.07) is 3.98.